The van der Waals surface area contributed by atoms with E-state index in [0.29, 0.717) is 31.1 Å². The molecule has 0 atom stereocenters. The molecule has 0 bridgehead atoms. The van der Waals surface area contributed by atoms with Crippen LogP contribution in [-0.4, -0.2) is 36.0 Å². The van der Waals surface area contributed by atoms with Gasteiger partial charge in [-0.3, -0.25) is 4.79 Å². The molecule has 0 fully saturated rings. The second kappa shape index (κ2) is 9.71. The van der Waals surface area contributed by atoms with Gasteiger partial charge in [-0.15, -0.1) is 11.3 Å². The van der Waals surface area contributed by atoms with E-state index in [0.717, 1.165) is 20.9 Å². The second-order valence-corrected chi connectivity index (χ2v) is 8.18. The second-order valence-electron chi connectivity index (χ2n) is 6.20. The number of halogens is 1. The highest BCUT2D eigenvalue weighted by atomic mass is 79.9. The Kier molecular flexibility index (Phi) is 7.06. The summed E-state index contributed by atoms with van der Waals surface area (Å²) in [7, 11) is 1.77. The van der Waals surface area contributed by atoms with E-state index in [1.807, 2.05) is 36.6 Å². The maximum absolute atomic E-state index is 12.5. The highest BCUT2D eigenvalue weighted by Gasteiger charge is 2.12. The van der Waals surface area contributed by atoms with E-state index in [1.165, 1.54) is 0 Å². The minimum atomic E-state index is -0.0546. The first kappa shape index (κ1) is 20.4. The SMILES string of the molecule is Cc1nc(COc2ccc(C(=O)N(C)CCOc3ccc(Br)cc3)cc2)cs1. The van der Waals surface area contributed by atoms with E-state index in [2.05, 4.69) is 20.9 Å². The van der Waals surface area contributed by atoms with Gasteiger partial charge in [0.2, 0.25) is 0 Å². The Morgan fingerprint density at radius 2 is 1.71 bits per heavy atom. The fraction of sp³-hybridized carbons (Fsp3) is 0.238. The number of aryl methyl sites for hydroxylation is 1. The van der Waals surface area contributed by atoms with Crippen molar-refractivity contribution in [3.63, 3.8) is 0 Å². The number of benzene rings is 2. The van der Waals surface area contributed by atoms with Crippen LogP contribution in [0.15, 0.2) is 58.4 Å². The molecule has 0 aliphatic heterocycles. The van der Waals surface area contributed by atoms with Gasteiger partial charge < -0.3 is 14.4 Å². The predicted molar refractivity (Wildman–Crippen MR) is 114 cm³/mol. The van der Waals surface area contributed by atoms with Crippen LogP contribution < -0.4 is 9.47 Å². The third kappa shape index (κ3) is 5.81. The monoisotopic (exact) mass is 460 g/mol. The molecule has 0 aliphatic carbocycles. The molecule has 3 aromatic rings. The van der Waals surface area contributed by atoms with E-state index in [4.69, 9.17) is 9.47 Å². The molecule has 5 nitrogen and oxygen atoms in total. The smallest absolute Gasteiger partial charge is 0.253 e. The lowest BCUT2D eigenvalue weighted by Gasteiger charge is -2.18. The number of hydrogen-bond donors (Lipinski definition) is 0. The number of thiazole rings is 1. The quantitative estimate of drug-likeness (QED) is 0.477. The summed E-state index contributed by atoms with van der Waals surface area (Å²) < 4.78 is 12.4. The highest BCUT2D eigenvalue weighted by Crippen LogP contribution is 2.17. The molecule has 0 spiro atoms. The van der Waals surface area contributed by atoms with Crippen molar-refractivity contribution in [1.29, 1.82) is 0 Å². The molecule has 0 N–H and O–H groups in total. The summed E-state index contributed by atoms with van der Waals surface area (Å²) in [4.78, 5) is 18.6. The van der Waals surface area contributed by atoms with Gasteiger partial charge in [0, 0.05) is 22.5 Å². The molecular weight excluding hydrogens is 440 g/mol. The number of nitrogens with zero attached hydrogens (tertiary/aromatic N) is 2. The Morgan fingerprint density at radius 3 is 2.36 bits per heavy atom. The van der Waals surface area contributed by atoms with Crippen molar-refractivity contribution in [1.82, 2.24) is 9.88 Å². The van der Waals surface area contributed by atoms with Crippen molar-refractivity contribution < 1.29 is 14.3 Å². The first-order chi connectivity index (χ1) is 13.5. The third-order valence-corrected chi connectivity index (χ3v) is 5.36. The molecule has 1 aromatic heterocycles. The topological polar surface area (TPSA) is 51.7 Å². The van der Waals surface area contributed by atoms with E-state index in [9.17, 15) is 4.79 Å². The molecule has 1 amide bonds. The summed E-state index contributed by atoms with van der Waals surface area (Å²) in [5.74, 6) is 1.44. The van der Waals surface area contributed by atoms with E-state index < -0.39 is 0 Å². The molecular formula is C21H21BrN2O3S. The minimum absolute atomic E-state index is 0.0546. The van der Waals surface area contributed by atoms with Gasteiger partial charge in [0.25, 0.3) is 5.91 Å². The normalized spacial score (nSPS) is 10.5. The Bertz CT molecular complexity index is 910. The van der Waals surface area contributed by atoms with Crippen LogP contribution in [-0.2, 0) is 6.61 Å². The molecule has 2 aromatic carbocycles. The maximum atomic E-state index is 12.5. The zero-order valence-corrected chi connectivity index (χ0v) is 18.1. The summed E-state index contributed by atoms with van der Waals surface area (Å²) >= 11 is 4.99. The van der Waals surface area contributed by atoms with Gasteiger partial charge in [0.15, 0.2) is 0 Å². The van der Waals surface area contributed by atoms with Crippen molar-refractivity contribution in [3.8, 4) is 11.5 Å². The van der Waals surface area contributed by atoms with Crippen molar-refractivity contribution in [3.05, 3.63) is 74.6 Å². The number of amides is 1. The molecule has 7 heteroatoms. The zero-order valence-electron chi connectivity index (χ0n) is 15.7. The average molecular weight is 461 g/mol. The highest BCUT2D eigenvalue weighted by molar-refractivity contribution is 9.10. The number of carbonyl (C=O) groups is 1. The Balaban J connectivity index is 1.46. The van der Waals surface area contributed by atoms with Crippen LogP contribution in [0.25, 0.3) is 0 Å². The lowest BCUT2D eigenvalue weighted by Crippen LogP contribution is -2.30. The first-order valence-corrected chi connectivity index (χ1v) is 10.5. The molecule has 0 aliphatic rings. The van der Waals surface area contributed by atoms with Crippen LogP contribution >= 0.6 is 27.3 Å². The average Bonchev–Trinajstić information content (AvgIpc) is 3.13. The molecule has 0 radical (unpaired) electrons. The van der Waals surface area contributed by atoms with E-state index >= 15 is 0 Å². The number of hydrogen-bond acceptors (Lipinski definition) is 5. The summed E-state index contributed by atoms with van der Waals surface area (Å²) in [6.45, 7) is 3.31. The van der Waals surface area contributed by atoms with E-state index in [1.54, 1.807) is 47.5 Å². The minimum Gasteiger partial charge on any atom is -0.492 e. The zero-order chi connectivity index (χ0) is 19.9. The van der Waals surface area contributed by atoms with Gasteiger partial charge in [-0.05, 0) is 55.5 Å². The predicted octanol–water partition coefficient (Wildman–Crippen LogP) is 4.94. The molecule has 1 heterocycles. The first-order valence-electron chi connectivity index (χ1n) is 8.79. The molecule has 0 saturated carbocycles. The largest absolute Gasteiger partial charge is 0.492 e. The standard InChI is InChI=1S/C21H21BrN2O3S/c1-15-23-18(14-28-15)13-27-20-7-3-16(4-8-20)21(25)24(2)11-12-26-19-9-5-17(22)6-10-19/h3-10,14H,11-13H2,1-2H3. The molecule has 3 rings (SSSR count). The van der Waals surface area contributed by atoms with Crippen molar-refractivity contribution >= 4 is 33.2 Å². The van der Waals surface area contributed by atoms with Crippen LogP contribution in [0, 0.1) is 6.92 Å². The van der Waals surface area contributed by atoms with Crippen molar-refractivity contribution in [2.24, 2.45) is 0 Å². The van der Waals surface area contributed by atoms with E-state index in [-0.39, 0.29) is 5.91 Å². The van der Waals surface area contributed by atoms with Gasteiger partial charge in [0.1, 0.15) is 24.7 Å². The number of ether oxygens (including phenoxy) is 2. The van der Waals surface area contributed by atoms with Crippen LogP contribution in [0.3, 0.4) is 0 Å². The number of carbonyl (C=O) groups excluding carboxylic acids is 1. The maximum Gasteiger partial charge on any atom is 0.253 e. The third-order valence-electron chi connectivity index (χ3n) is 4.01. The number of rotatable bonds is 8. The Hall–Kier alpha value is -2.38. The van der Waals surface area contributed by atoms with Gasteiger partial charge in [-0.1, -0.05) is 15.9 Å². The van der Waals surface area contributed by atoms with Gasteiger partial charge in [-0.2, -0.15) is 0 Å². The lowest BCUT2D eigenvalue weighted by atomic mass is 10.2. The lowest BCUT2D eigenvalue weighted by molar-refractivity contribution is 0.0773. The Morgan fingerprint density at radius 1 is 1.07 bits per heavy atom. The summed E-state index contributed by atoms with van der Waals surface area (Å²) in [5.41, 5.74) is 1.52. The molecule has 28 heavy (non-hydrogen) atoms. The van der Waals surface area contributed by atoms with Crippen LogP contribution in [0.2, 0.25) is 0 Å². The van der Waals surface area contributed by atoms with Crippen molar-refractivity contribution in [2.45, 2.75) is 13.5 Å². The van der Waals surface area contributed by atoms with Gasteiger partial charge >= 0.3 is 0 Å². The molecule has 0 unspecified atom stereocenters. The van der Waals surface area contributed by atoms with Crippen LogP contribution in [0.5, 0.6) is 11.5 Å². The number of likely N-dealkylation sites (N-methyl/N-ethyl adjacent to an activating group) is 1. The molecule has 146 valence electrons. The molecule has 0 saturated heterocycles. The number of aromatic nitrogens is 1. The Labute approximate surface area is 177 Å². The van der Waals surface area contributed by atoms with Crippen molar-refractivity contribution in [2.75, 3.05) is 20.2 Å². The summed E-state index contributed by atoms with van der Waals surface area (Å²) in [6.07, 6.45) is 0. The summed E-state index contributed by atoms with van der Waals surface area (Å²) in [6, 6.07) is 14.8. The van der Waals surface area contributed by atoms with Crippen LogP contribution in [0.1, 0.15) is 21.1 Å². The fourth-order valence-corrected chi connectivity index (χ4v) is 3.34. The summed E-state index contributed by atoms with van der Waals surface area (Å²) in [5, 5.41) is 3.00. The fourth-order valence-electron chi connectivity index (χ4n) is 2.48. The van der Waals surface area contributed by atoms with Gasteiger partial charge in [-0.25, -0.2) is 4.98 Å². The van der Waals surface area contributed by atoms with Crippen LogP contribution in [0.4, 0.5) is 0 Å². The van der Waals surface area contributed by atoms with Gasteiger partial charge in [0.05, 0.1) is 17.2 Å².